The minimum atomic E-state index is -0.213. The van der Waals surface area contributed by atoms with Crippen molar-refractivity contribution in [1.29, 1.82) is 0 Å². The zero-order valence-corrected chi connectivity index (χ0v) is 12.6. The molecule has 20 heavy (non-hydrogen) atoms. The van der Waals surface area contributed by atoms with Crippen molar-refractivity contribution in [3.8, 4) is 5.75 Å². The van der Waals surface area contributed by atoms with Crippen LogP contribution in [0.3, 0.4) is 0 Å². The summed E-state index contributed by atoms with van der Waals surface area (Å²) in [5.74, 6) is 0.931. The lowest BCUT2D eigenvalue weighted by Crippen LogP contribution is -2.32. The lowest BCUT2D eigenvalue weighted by molar-refractivity contribution is 0.0895. The number of halogens is 1. The molecule has 0 radical (unpaired) electrons. The van der Waals surface area contributed by atoms with Crippen molar-refractivity contribution in [1.82, 2.24) is 5.32 Å². The van der Waals surface area contributed by atoms with E-state index in [4.69, 9.17) is 9.15 Å². The monoisotopic (exact) mass is 335 g/mol. The smallest absolute Gasteiger partial charge is 0.287 e. The van der Waals surface area contributed by atoms with Crippen molar-refractivity contribution in [2.24, 2.45) is 0 Å². The van der Waals surface area contributed by atoms with Crippen LogP contribution in [0.2, 0.25) is 0 Å². The molecule has 0 saturated carbocycles. The van der Waals surface area contributed by atoms with E-state index in [0.29, 0.717) is 17.0 Å². The van der Waals surface area contributed by atoms with E-state index in [1.165, 1.54) is 0 Å². The Morgan fingerprint density at radius 3 is 2.95 bits per heavy atom. The quantitative estimate of drug-likeness (QED) is 0.912. The fourth-order valence-corrected chi connectivity index (χ4v) is 2.64. The van der Waals surface area contributed by atoms with Gasteiger partial charge in [-0.1, -0.05) is 17.7 Å². The first-order chi connectivity index (χ1) is 9.63. The summed E-state index contributed by atoms with van der Waals surface area (Å²) in [7, 11) is 0. The predicted molar refractivity (Wildman–Crippen MR) is 77.9 cm³/mol. The highest BCUT2D eigenvalue weighted by molar-refractivity contribution is 9.10. The van der Waals surface area contributed by atoms with Gasteiger partial charge in [0.1, 0.15) is 5.75 Å². The Bertz CT molecular complexity index is 650. The topological polar surface area (TPSA) is 51.5 Å². The molecule has 2 aromatic rings. The van der Waals surface area contributed by atoms with E-state index in [1.54, 1.807) is 12.1 Å². The molecule has 3 rings (SSSR count). The number of nitrogens with one attached hydrogen (secondary N) is 1. The first-order valence-electron chi connectivity index (χ1n) is 6.43. The Kier molecular flexibility index (Phi) is 3.53. The molecule has 1 N–H and O–H groups in total. The molecule has 1 unspecified atom stereocenters. The normalized spacial score (nSPS) is 17.2. The molecule has 0 fully saturated rings. The van der Waals surface area contributed by atoms with Gasteiger partial charge >= 0.3 is 0 Å². The molecule has 1 aromatic heterocycles. The minimum absolute atomic E-state index is 0.0463. The second-order valence-electron chi connectivity index (χ2n) is 4.81. The maximum absolute atomic E-state index is 12.2. The highest BCUT2D eigenvalue weighted by Crippen LogP contribution is 2.32. The Morgan fingerprint density at radius 1 is 1.35 bits per heavy atom. The third kappa shape index (κ3) is 2.58. The maximum Gasteiger partial charge on any atom is 0.287 e. The van der Waals surface area contributed by atoms with E-state index in [0.717, 1.165) is 23.3 Å². The first kappa shape index (κ1) is 13.2. The standard InChI is InChI=1S/C15H14BrNO3/c1-9-2-3-12-10(8-9)11(6-7-19-12)17-15(18)13-4-5-14(16)20-13/h2-5,8,11H,6-7H2,1H3,(H,17,18). The van der Waals surface area contributed by atoms with Gasteiger partial charge in [-0.3, -0.25) is 4.79 Å². The number of aryl methyl sites for hydroxylation is 1. The largest absolute Gasteiger partial charge is 0.493 e. The summed E-state index contributed by atoms with van der Waals surface area (Å²) in [5.41, 5.74) is 2.17. The number of fused-ring (bicyclic) bond motifs is 1. The Labute approximate surface area is 125 Å². The van der Waals surface area contributed by atoms with Gasteiger partial charge in [0.05, 0.1) is 12.6 Å². The molecular formula is C15H14BrNO3. The van der Waals surface area contributed by atoms with Gasteiger partial charge in [0, 0.05) is 12.0 Å². The number of furan rings is 1. The van der Waals surface area contributed by atoms with Crippen molar-refractivity contribution >= 4 is 21.8 Å². The summed E-state index contributed by atoms with van der Waals surface area (Å²) in [4.78, 5) is 12.2. The van der Waals surface area contributed by atoms with Crippen LogP contribution in [0.25, 0.3) is 0 Å². The number of carbonyl (C=O) groups is 1. The molecule has 1 aliphatic heterocycles. The van der Waals surface area contributed by atoms with Crippen molar-refractivity contribution in [2.45, 2.75) is 19.4 Å². The zero-order chi connectivity index (χ0) is 14.1. The molecule has 0 bridgehead atoms. The highest BCUT2D eigenvalue weighted by Gasteiger charge is 2.24. The van der Waals surface area contributed by atoms with Gasteiger partial charge in [0.15, 0.2) is 10.4 Å². The van der Waals surface area contributed by atoms with E-state index in [2.05, 4.69) is 27.3 Å². The van der Waals surface area contributed by atoms with Gasteiger partial charge < -0.3 is 14.5 Å². The highest BCUT2D eigenvalue weighted by atomic mass is 79.9. The molecule has 1 aromatic carbocycles. The molecule has 0 aliphatic carbocycles. The molecule has 2 heterocycles. The number of amides is 1. The number of hydrogen-bond donors (Lipinski definition) is 1. The number of benzene rings is 1. The Morgan fingerprint density at radius 2 is 2.20 bits per heavy atom. The van der Waals surface area contributed by atoms with Gasteiger partial charge in [-0.15, -0.1) is 0 Å². The van der Waals surface area contributed by atoms with Gasteiger partial charge in [-0.05, 0) is 41.1 Å². The predicted octanol–water partition coefficient (Wildman–Crippen LogP) is 3.60. The maximum atomic E-state index is 12.2. The molecule has 1 atom stereocenters. The van der Waals surface area contributed by atoms with Crippen molar-refractivity contribution in [3.05, 3.63) is 51.9 Å². The minimum Gasteiger partial charge on any atom is -0.493 e. The average molecular weight is 336 g/mol. The van der Waals surface area contributed by atoms with Gasteiger partial charge in [-0.2, -0.15) is 0 Å². The summed E-state index contributed by atoms with van der Waals surface area (Å²) >= 11 is 3.19. The van der Waals surface area contributed by atoms with Crippen LogP contribution in [-0.2, 0) is 0 Å². The number of ether oxygens (including phenoxy) is 1. The van der Waals surface area contributed by atoms with Gasteiger partial charge in [0.25, 0.3) is 5.91 Å². The zero-order valence-electron chi connectivity index (χ0n) is 11.0. The molecule has 4 nitrogen and oxygen atoms in total. The van der Waals surface area contributed by atoms with Crippen LogP contribution >= 0.6 is 15.9 Å². The SMILES string of the molecule is Cc1ccc2c(c1)C(NC(=O)c1ccc(Br)o1)CCO2. The lowest BCUT2D eigenvalue weighted by Gasteiger charge is -2.26. The third-order valence-corrected chi connectivity index (χ3v) is 3.73. The van der Waals surface area contributed by atoms with E-state index in [-0.39, 0.29) is 11.9 Å². The molecule has 0 spiro atoms. The number of hydrogen-bond acceptors (Lipinski definition) is 3. The average Bonchev–Trinajstić information content (AvgIpc) is 2.86. The first-order valence-corrected chi connectivity index (χ1v) is 7.22. The Balaban J connectivity index is 1.82. The van der Waals surface area contributed by atoms with Crippen molar-refractivity contribution < 1.29 is 13.9 Å². The summed E-state index contributed by atoms with van der Waals surface area (Å²) in [6.07, 6.45) is 0.754. The van der Waals surface area contributed by atoms with Crippen molar-refractivity contribution in [3.63, 3.8) is 0 Å². The molecule has 104 valence electrons. The molecular weight excluding hydrogens is 322 g/mol. The summed E-state index contributed by atoms with van der Waals surface area (Å²) in [6.45, 7) is 2.63. The van der Waals surface area contributed by atoms with E-state index in [1.807, 2.05) is 19.1 Å². The fraction of sp³-hybridized carbons (Fsp3) is 0.267. The van der Waals surface area contributed by atoms with Crippen LogP contribution < -0.4 is 10.1 Å². The number of rotatable bonds is 2. The second kappa shape index (κ2) is 5.32. The third-order valence-electron chi connectivity index (χ3n) is 3.31. The molecule has 1 amide bonds. The van der Waals surface area contributed by atoms with Gasteiger partial charge in [0.2, 0.25) is 0 Å². The summed E-state index contributed by atoms with van der Waals surface area (Å²) < 4.78 is 11.4. The molecule has 1 aliphatic rings. The Hall–Kier alpha value is -1.75. The summed E-state index contributed by atoms with van der Waals surface area (Å²) in [6, 6.07) is 9.32. The van der Waals surface area contributed by atoms with Crippen LogP contribution in [0.5, 0.6) is 5.75 Å². The van der Waals surface area contributed by atoms with Crippen LogP contribution in [0.1, 0.15) is 34.1 Å². The van der Waals surface area contributed by atoms with Crippen LogP contribution in [-0.4, -0.2) is 12.5 Å². The molecule has 5 heteroatoms. The number of carbonyl (C=O) groups excluding carboxylic acids is 1. The van der Waals surface area contributed by atoms with E-state index in [9.17, 15) is 4.79 Å². The van der Waals surface area contributed by atoms with Crippen LogP contribution in [0, 0.1) is 6.92 Å². The van der Waals surface area contributed by atoms with Crippen molar-refractivity contribution in [2.75, 3.05) is 6.61 Å². The van der Waals surface area contributed by atoms with Gasteiger partial charge in [-0.25, -0.2) is 0 Å². The molecule has 0 saturated heterocycles. The van der Waals surface area contributed by atoms with E-state index < -0.39 is 0 Å². The lowest BCUT2D eigenvalue weighted by atomic mass is 9.98. The van der Waals surface area contributed by atoms with Crippen LogP contribution in [0.4, 0.5) is 0 Å². The summed E-state index contributed by atoms with van der Waals surface area (Å²) in [5, 5.41) is 3.00. The van der Waals surface area contributed by atoms with Crippen LogP contribution in [0.15, 0.2) is 39.4 Å². The second-order valence-corrected chi connectivity index (χ2v) is 5.59. The fourth-order valence-electron chi connectivity index (χ4n) is 2.33. The van der Waals surface area contributed by atoms with E-state index >= 15 is 0 Å².